The molecule has 15 aromatic rings. The van der Waals surface area contributed by atoms with Gasteiger partial charge in [-0.15, -0.1) is 70.0 Å². The van der Waals surface area contributed by atoms with Crippen LogP contribution in [0.5, 0.6) is 0 Å². The number of allylic oxidation sites excluding steroid dienone is 1. The number of imidazole rings is 3. The molecule has 16 rings (SSSR count). The van der Waals surface area contributed by atoms with Gasteiger partial charge in [-0.25, -0.2) is 19.9 Å². The number of aryl methyl sites for hydroxylation is 7. The molecule has 0 saturated carbocycles. The fourth-order valence-electron chi connectivity index (χ4n) is 11.7. The molecule has 1 aliphatic heterocycles. The average Bonchev–Trinajstić information content (AvgIpc) is 1.68. The minimum Gasteiger partial charge on any atom is -0.399 e. The molecule has 570 valence electrons. The number of hydrogen-bond donors (Lipinski definition) is 4. The van der Waals surface area contributed by atoms with Crippen LogP contribution in [0, 0.1) is 35.8 Å². The van der Waals surface area contributed by atoms with Gasteiger partial charge in [-0.05, 0) is 169 Å². The zero-order valence-corrected chi connectivity index (χ0v) is 66.2. The number of non-ortho nitro benzene ring substituents is 3. The van der Waals surface area contributed by atoms with Crippen molar-refractivity contribution in [2.75, 3.05) is 17.9 Å². The Morgan fingerprint density at radius 1 is 0.536 bits per heavy atom. The van der Waals surface area contributed by atoms with E-state index in [2.05, 4.69) is 100 Å². The standard InChI is InChI=1S/C20H21N5S.C15H16N4O2.C15H18N4.C12H13ClN2O2.C8H6N2O2.C6H7NS2.C4H5N.HI/c21-20(19-4-3-13-26-19)23-17-6-5-16-7-11-25(18(16)14-17)10-2-1-9-24-12-8-22-15-24;20-19(21)14-4-3-13-5-9-18(15(13)11-14)8-2-1-7-17-10-6-16-12-17;16-14-4-3-13-5-9-19(15(13)11-14)8-2-1-7-18-10-6-17-12-18;13-6-1-2-7-14-8-5-10-3-4-11(15(16)17)9-12(10)14;11-10(12)7-2-1-6-3-4-9-8(6)5-7;1-8-6(7)5-3-2-4-9-5;1-2-4-5-3-1;/h3-8,11-15H,1-2,9-10H2,(H2,21,23);3-6,9-12H,1-2,7-8H2;3-6,9-12H,1-2,7-8,16H2;3-5,8-9H,1-2,6-7H2;1-5,9H;2-4,7H,1H3;1,3-4H,2H2;1H. The second kappa shape index (κ2) is 43.7. The second-order valence-corrected chi connectivity index (χ2v) is 28.1. The van der Waals surface area contributed by atoms with E-state index in [0.717, 1.165) is 157 Å². The number of nitro groups is 3. The molecule has 10 aromatic heterocycles. The number of nitrogens with one attached hydrogen (secondary N) is 2. The summed E-state index contributed by atoms with van der Waals surface area (Å²) < 4.78 is 15.0. The van der Waals surface area contributed by atoms with Crippen molar-refractivity contribution in [1.82, 2.24) is 51.9 Å². The van der Waals surface area contributed by atoms with Crippen LogP contribution in [-0.4, -0.2) is 95.9 Å². The lowest BCUT2D eigenvalue weighted by molar-refractivity contribution is -0.384. The van der Waals surface area contributed by atoms with Crippen LogP contribution in [-0.2, 0) is 45.8 Å². The van der Waals surface area contributed by atoms with Crippen LogP contribution in [0.3, 0.4) is 0 Å². The summed E-state index contributed by atoms with van der Waals surface area (Å²) in [4.78, 5) is 56.3. The lowest BCUT2D eigenvalue weighted by Gasteiger charge is -2.07. The van der Waals surface area contributed by atoms with Gasteiger partial charge in [0.1, 0.15) is 10.9 Å². The Balaban J connectivity index is 0.000000153. The van der Waals surface area contributed by atoms with E-state index in [1.807, 2.05) is 157 Å². The highest BCUT2D eigenvalue weighted by Gasteiger charge is 2.13. The first-order chi connectivity index (χ1) is 53.2. The molecule has 6 N–H and O–H groups in total. The van der Waals surface area contributed by atoms with E-state index < -0.39 is 4.92 Å². The largest absolute Gasteiger partial charge is 0.399 e. The topological polar surface area (TPSA) is 319 Å². The molecule has 0 aliphatic carbocycles. The molecule has 0 amide bonds. The number of thioether (sulfide) groups is 1. The van der Waals surface area contributed by atoms with Gasteiger partial charge in [-0.3, -0.25) is 40.7 Å². The molecule has 0 radical (unpaired) electrons. The Labute approximate surface area is 670 Å². The van der Waals surface area contributed by atoms with Crippen LogP contribution in [0.2, 0.25) is 0 Å². The number of nitrogens with zero attached hydrogens (tertiary/aromatic N) is 15. The Morgan fingerprint density at radius 3 is 1.37 bits per heavy atom. The molecule has 5 aromatic carbocycles. The van der Waals surface area contributed by atoms with Crippen molar-refractivity contribution in [3.63, 3.8) is 0 Å². The van der Waals surface area contributed by atoms with Gasteiger partial charge in [-0.1, -0.05) is 30.3 Å². The predicted molar refractivity (Wildman–Crippen MR) is 462 cm³/mol. The second-order valence-electron chi connectivity index (χ2n) is 25.0. The van der Waals surface area contributed by atoms with Gasteiger partial charge in [0.15, 0.2) is 0 Å². The van der Waals surface area contributed by atoms with Gasteiger partial charge in [-0.2, -0.15) is 0 Å². The SMILES string of the molecule is C1=CN=CC1.CSC(=N)c1cccs1.I.NC(=Nc1ccc2ccn(CCCCn3ccnc3)c2c1)c1cccs1.Nc1ccc2ccn(CCCCn3ccnc3)c2c1.O=[N+]([O-])c1ccc2cc[nH]c2c1.O=[N+]([O-])c1ccc2ccn(CCCCCl)c2c1.O=[N+]([O-])c1ccc2ccn(CCCCn3ccnc3)c2c1. The molecular formula is C80H87ClIN19O6S3. The summed E-state index contributed by atoms with van der Waals surface area (Å²) in [6.07, 6.45) is 44.1. The highest BCUT2D eigenvalue weighted by molar-refractivity contribution is 14.0. The fraction of sp³-hybridized carbons (Fsp3) is 0.225. The number of rotatable bonds is 25. The van der Waals surface area contributed by atoms with Crippen molar-refractivity contribution in [1.29, 1.82) is 5.41 Å². The van der Waals surface area contributed by atoms with Gasteiger partial charge >= 0.3 is 0 Å². The summed E-state index contributed by atoms with van der Waals surface area (Å²) >= 11 is 10.3. The highest BCUT2D eigenvalue weighted by atomic mass is 127. The van der Waals surface area contributed by atoms with E-state index in [1.165, 1.54) is 51.8 Å². The Morgan fingerprint density at radius 2 is 0.964 bits per heavy atom. The zero-order valence-electron chi connectivity index (χ0n) is 60.7. The van der Waals surface area contributed by atoms with E-state index >= 15 is 0 Å². The molecule has 30 heteroatoms. The van der Waals surface area contributed by atoms with Crippen molar-refractivity contribution in [2.24, 2.45) is 15.7 Å². The predicted octanol–water partition coefficient (Wildman–Crippen LogP) is 20.2. The number of thiophene rings is 2. The van der Waals surface area contributed by atoms with Gasteiger partial charge in [0.2, 0.25) is 0 Å². The number of halogens is 2. The number of aliphatic imine (C=N–C) groups is 2. The monoisotopic (exact) mass is 1670 g/mol. The van der Waals surface area contributed by atoms with Gasteiger partial charge in [0, 0.05) is 192 Å². The molecule has 0 saturated heterocycles. The van der Waals surface area contributed by atoms with Crippen molar-refractivity contribution in [2.45, 2.75) is 104 Å². The summed E-state index contributed by atoms with van der Waals surface area (Å²) in [5, 5.41) is 49.5. The number of nitro benzene ring substituents is 3. The van der Waals surface area contributed by atoms with E-state index in [1.54, 1.807) is 77.7 Å². The van der Waals surface area contributed by atoms with E-state index in [9.17, 15) is 30.3 Å². The smallest absolute Gasteiger partial charge is 0.271 e. The van der Waals surface area contributed by atoms with Crippen molar-refractivity contribution in [3.8, 4) is 0 Å². The maximum Gasteiger partial charge on any atom is 0.271 e. The molecule has 0 unspecified atom stereocenters. The van der Waals surface area contributed by atoms with Crippen LogP contribution >= 0.6 is 70.0 Å². The summed E-state index contributed by atoms with van der Waals surface area (Å²) in [5.74, 6) is 1.22. The quantitative estimate of drug-likeness (QED) is 0.00606. The Bertz CT molecular complexity index is 5380. The zero-order chi connectivity index (χ0) is 76.5. The number of fused-ring (bicyclic) bond motifs is 5. The molecule has 0 spiro atoms. The maximum absolute atomic E-state index is 10.9. The molecule has 0 atom stereocenters. The fourth-order valence-corrected chi connectivity index (χ4v) is 13.8. The first-order valence-corrected chi connectivity index (χ1v) is 39.0. The van der Waals surface area contributed by atoms with Crippen LogP contribution < -0.4 is 11.5 Å². The van der Waals surface area contributed by atoms with Crippen LogP contribution in [0.25, 0.3) is 54.5 Å². The molecule has 0 fully saturated rings. The van der Waals surface area contributed by atoms with Crippen LogP contribution in [0.1, 0.15) is 67.5 Å². The summed E-state index contributed by atoms with van der Waals surface area (Å²) in [6, 6.07) is 45.0. The number of amidine groups is 1. The first-order valence-electron chi connectivity index (χ1n) is 35.5. The summed E-state index contributed by atoms with van der Waals surface area (Å²) in [7, 11) is 0. The first kappa shape index (κ1) is 82.8. The minimum absolute atomic E-state index is 0. The lowest BCUT2D eigenvalue weighted by atomic mass is 10.2. The summed E-state index contributed by atoms with van der Waals surface area (Å²) in [5.41, 5.74) is 19.1. The number of anilines is 1. The Hall–Kier alpha value is -11.3. The minimum atomic E-state index is -0.402. The number of aromatic amines is 1. The third-order valence-electron chi connectivity index (χ3n) is 17.4. The van der Waals surface area contributed by atoms with Crippen molar-refractivity contribution < 1.29 is 14.8 Å². The third kappa shape index (κ3) is 25.2. The van der Waals surface area contributed by atoms with Gasteiger partial charge in [0.05, 0.1) is 76.8 Å². The molecular weight excluding hydrogens is 1580 g/mol. The maximum atomic E-state index is 10.9. The number of nitrogens with two attached hydrogens (primary N) is 2. The van der Waals surface area contributed by atoms with Crippen LogP contribution in [0.4, 0.5) is 28.4 Å². The average molecular weight is 1670 g/mol. The highest BCUT2D eigenvalue weighted by Crippen LogP contribution is 2.28. The number of unbranched alkanes of at least 4 members (excludes halogenated alkanes) is 4. The number of benzene rings is 5. The summed E-state index contributed by atoms with van der Waals surface area (Å²) in [6.45, 7) is 6.71. The molecule has 25 nitrogen and oxygen atoms in total. The van der Waals surface area contributed by atoms with E-state index in [0.29, 0.717) is 16.8 Å². The molecule has 110 heavy (non-hydrogen) atoms. The lowest BCUT2D eigenvalue weighted by Crippen LogP contribution is -2.10. The van der Waals surface area contributed by atoms with Gasteiger partial charge < -0.3 is 48.4 Å². The molecule has 0 bridgehead atoms. The number of nitrogen functional groups attached to an aromatic ring is 1. The van der Waals surface area contributed by atoms with Crippen molar-refractivity contribution in [3.05, 3.63) is 296 Å². The van der Waals surface area contributed by atoms with Gasteiger partial charge in [0.25, 0.3) is 17.1 Å². The number of aromatic nitrogens is 11. The number of hydrogen-bond acceptors (Lipinski definition) is 16. The van der Waals surface area contributed by atoms with Crippen molar-refractivity contribution >= 4 is 170 Å². The normalized spacial score (nSPS) is 11.3. The third-order valence-corrected chi connectivity index (χ3v) is 20.2. The van der Waals surface area contributed by atoms with Crippen LogP contribution in [0.15, 0.2) is 266 Å². The van der Waals surface area contributed by atoms with E-state index in [-0.39, 0.29) is 50.9 Å². The van der Waals surface area contributed by atoms with E-state index in [4.69, 9.17) is 28.5 Å². The Kier molecular flexibility index (Phi) is 32.9. The number of H-pyrrole nitrogens is 1. The molecule has 11 heterocycles. The molecule has 1 aliphatic rings. The number of alkyl halides is 1.